The van der Waals surface area contributed by atoms with Crippen molar-refractivity contribution in [2.75, 3.05) is 7.05 Å². The summed E-state index contributed by atoms with van der Waals surface area (Å²) in [6, 6.07) is 6.95. The summed E-state index contributed by atoms with van der Waals surface area (Å²) in [7, 11) is -3.44. The number of carbonyl (C=O) groups excluding carboxylic acids is 1. The van der Waals surface area contributed by atoms with E-state index in [9.17, 15) is 13.2 Å². The Bertz CT molecular complexity index is 1560. The van der Waals surface area contributed by atoms with Crippen LogP contribution in [-0.4, -0.2) is 64.5 Å². The van der Waals surface area contributed by atoms with Crippen molar-refractivity contribution in [3.05, 3.63) is 58.7 Å². The smallest absolute Gasteiger partial charge is 0.298 e. The number of rotatable bonds is 8. The Morgan fingerprint density at radius 2 is 1.74 bits per heavy atom. The predicted molar refractivity (Wildman–Crippen MR) is 159 cm³/mol. The van der Waals surface area contributed by atoms with Crippen LogP contribution in [0.4, 0.5) is 8.78 Å². The number of amides is 1. The molecule has 2 saturated heterocycles. The van der Waals surface area contributed by atoms with E-state index in [1.807, 2.05) is 4.68 Å². The van der Waals surface area contributed by atoms with Gasteiger partial charge in [0, 0.05) is 47.1 Å². The van der Waals surface area contributed by atoms with Crippen molar-refractivity contribution in [1.29, 1.82) is 0 Å². The number of hydrogen-bond acceptors (Lipinski definition) is 5. The molecule has 3 aliphatic rings. The van der Waals surface area contributed by atoms with E-state index in [0.29, 0.717) is 45.8 Å². The molecule has 1 saturated carbocycles. The van der Waals surface area contributed by atoms with Gasteiger partial charge in [-0.15, -0.1) is 0 Å². The number of alkyl halides is 2. The highest BCUT2D eigenvalue weighted by molar-refractivity contribution is 9.10. The minimum absolute atomic E-state index is 0.111. The fourth-order valence-corrected chi connectivity index (χ4v) is 8.82. The maximum absolute atomic E-state index is 16.4. The van der Waals surface area contributed by atoms with Crippen molar-refractivity contribution in [3.8, 4) is 0 Å². The summed E-state index contributed by atoms with van der Waals surface area (Å²) in [5.74, 6) is -4.16. The molecule has 12 heteroatoms. The predicted octanol–water partition coefficient (Wildman–Crippen LogP) is 5.25. The zero-order chi connectivity index (χ0) is 29.8. The van der Waals surface area contributed by atoms with Crippen molar-refractivity contribution in [1.82, 2.24) is 19.0 Å². The lowest BCUT2D eigenvalue weighted by molar-refractivity contribution is -0.154. The summed E-state index contributed by atoms with van der Waals surface area (Å²) in [6.07, 6.45) is 8.66. The molecule has 6 rings (SSSR count). The molecule has 3 atom stereocenters. The number of carbonyl (C=O) groups is 1. The molecule has 226 valence electrons. The van der Waals surface area contributed by atoms with E-state index < -0.39 is 33.5 Å². The molecule has 3 fully saturated rings. The number of hydrogen-bond donors (Lipinski definition) is 1. The Morgan fingerprint density at radius 1 is 1.10 bits per heavy atom. The highest BCUT2D eigenvalue weighted by Gasteiger charge is 2.56. The summed E-state index contributed by atoms with van der Waals surface area (Å²) < 4.78 is 64.0. The number of piperidine rings is 1. The van der Waals surface area contributed by atoms with E-state index in [1.165, 1.54) is 54.1 Å². The van der Waals surface area contributed by atoms with Gasteiger partial charge in [0.05, 0.1) is 16.6 Å². The Labute approximate surface area is 253 Å². The largest absolute Gasteiger partial charge is 0.335 e. The van der Waals surface area contributed by atoms with Crippen molar-refractivity contribution in [3.63, 3.8) is 0 Å². The van der Waals surface area contributed by atoms with Gasteiger partial charge < -0.3 is 10.6 Å². The van der Waals surface area contributed by atoms with Crippen LogP contribution in [0.5, 0.6) is 0 Å². The number of aromatic nitrogens is 2. The number of nitrogens with two attached hydrogens (primary N) is 1. The average Bonchev–Trinajstić information content (AvgIpc) is 3.67. The normalized spacial score (nSPS) is 24.1. The molecule has 0 spiro atoms. The molecule has 1 amide bonds. The minimum Gasteiger partial charge on any atom is -0.335 e. The van der Waals surface area contributed by atoms with Crippen LogP contribution in [0, 0.1) is 5.92 Å². The van der Waals surface area contributed by atoms with Gasteiger partial charge in [-0.25, -0.2) is 8.42 Å². The van der Waals surface area contributed by atoms with Gasteiger partial charge >= 0.3 is 0 Å². The van der Waals surface area contributed by atoms with Crippen LogP contribution in [-0.2, 0) is 27.3 Å². The van der Waals surface area contributed by atoms with Crippen LogP contribution < -0.4 is 5.73 Å². The van der Waals surface area contributed by atoms with Crippen molar-refractivity contribution in [2.45, 2.75) is 92.9 Å². The Morgan fingerprint density at radius 3 is 2.38 bits per heavy atom. The van der Waals surface area contributed by atoms with Gasteiger partial charge in [0.1, 0.15) is 0 Å². The number of benzene rings is 2. The van der Waals surface area contributed by atoms with Crippen LogP contribution in [0.2, 0.25) is 0 Å². The van der Waals surface area contributed by atoms with Gasteiger partial charge in [0.2, 0.25) is 15.9 Å². The first-order valence-corrected chi connectivity index (χ1v) is 16.9. The van der Waals surface area contributed by atoms with Crippen LogP contribution in [0.25, 0.3) is 10.9 Å². The Balaban J connectivity index is 1.36. The summed E-state index contributed by atoms with van der Waals surface area (Å²) in [5.41, 5.74) is 6.53. The molecule has 3 heterocycles. The fraction of sp³-hybridized carbons (Fsp3) is 0.533. The second-order valence-electron chi connectivity index (χ2n) is 12.1. The van der Waals surface area contributed by atoms with Crippen LogP contribution in [0.3, 0.4) is 0 Å². The van der Waals surface area contributed by atoms with Crippen molar-refractivity contribution < 1.29 is 22.0 Å². The van der Waals surface area contributed by atoms with E-state index in [2.05, 4.69) is 21.0 Å². The monoisotopic (exact) mass is 663 g/mol. The Kier molecular flexibility index (Phi) is 7.95. The SMILES string of the molecule is CN([C@@H](C(=O)N1C2CCC1CC(N)C2)C(F)(F)c1ccc(Br)cc1)S(=O)(=O)c1ccc2c(cnn2CC2CCCC2)c1. The van der Waals surface area contributed by atoms with E-state index in [-0.39, 0.29) is 23.0 Å². The van der Waals surface area contributed by atoms with Gasteiger partial charge in [-0.2, -0.15) is 18.2 Å². The number of fused-ring (bicyclic) bond motifs is 3. The third-order valence-electron chi connectivity index (χ3n) is 9.39. The van der Waals surface area contributed by atoms with Gasteiger partial charge in [0.25, 0.3) is 5.92 Å². The lowest BCUT2D eigenvalue weighted by Gasteiger charge is -2.42. The molecule has 1 aliphatic carbocycles. The molecule has 2 N–H and O–H groups in total. The molecule has 42 heavy (non-hydrogen) atoms. The number of sulfonamides is 1. The molecule has 0 radical (unpaired) electrons. The fourth-order valence-electron chi connectivity index (χ4n) is 7.20. The van der Waals surface area contributed by atoms with Gasteiger partial charge in [0.15, 0.2) is 6.04 Å². The lowest BCUT2D eigenvalue weighted by atomic mass is 9.94. The third-order valence-corrected chi connectivity index (χ3v) is 11.7. The standard InChI is InChI=1S/C30H36BrF2N5O3S/c1-36(42(40,41)26-12-13-27-20(14-26)17-35-37(27)18-19-4-2-3-5-19)28(30(32,33)21-6-8-22(31)9-7-21)29(39)38-24-10-11-25(38)16-23(34)15-24/h6-9,12-14,17,19,23-25,28H,2-5,10-11,15-16,18,34H2,1H3/t23?,24?,25?,28-/m0/s1. The molecular formula is C30H36BrF2N5O3S. The molecule has 2 unspecified atom stereocenters. The maximum atomic E-state index is 16.4. The molecule has 3 aromatic rings. The van der Waals surface area contributed by atoms with Crippen LogP contribution in [0.15, 0.2) is 58.0 Å². The summed E-state index contributed by atoms with van der Waals surface area (Å²) in [5, 5.41) is 5.09. The van der Waals surface area contributed by atoms with Gasteiger partial charge in [-0.3, -0.25) is 9.48 Å². The first kappa shape index (κ1) is 29.7. The zero-order valence-corrected chi connectivity index (χ0v) is 25.9. The van der Waals surface area contributed by atoms with Crippen LogP contribution >= 0.6 is 15.9 Å². The second-order valence-corrected chi connectivity index (χ2v) is 15.0. The molecule has 2 aliphatic heterocycles. The number of nitrogens with zero attached hydrogens (tertiary/aromatic N) is 4. The van der Waals surface area contributed by atoms with Gasteiger partial charge in [-0.05, 0) is 74.8 Å². The van der Waals surface area contributed by atoms with Crippen LogP contribution in [0.1, 0.15) is 56.9 Å². The maximum Gasteiger partial charge on any atom is 0.298 e. The van der Waals surface area contributed by atoms with Gasteiger partial charge in [-0.1, -0.05) is 40.9 Å². The first-order valence-electron chi connectivity index (χ1n) is 14.6. The Hall–Kier alpha value is -2.41. The molecule has 8 nitrogen and oxygen atoms in total. The third kappa shape index (κ3) is 5.28. The lowest BCUT2D eigenvalue weighted by Crippen LogP contribution is -2.61. The van der Waals surface area contributed by atoms with Crippen molar-refractivity contribution in [2.24, 2.45) is 11.7 Å². The molecular weight excluding hydrogens is 628 g/mol. The second kappa shape index (κ2) is 11.3. The summed E-state index contributed by atoms with van der Waals surface area (Å²) in [6.45, 7) is 0.757. The highest BCUT2D eigenvalue weighted by Crippen LogP contribution is 2.42. The van der Waals surface area contributed by atoms with E-state index >= 15 is 8.78 Å². The van der Waals surface area contributed by atoms with Crippen molar-refractivity contribution >= 4 is 42.8 Å². The molecule has 2 bridgehead atoms. The quantitative estimate of drug-likeness (QED) is 0.355. The number of halogens is 3. The summed E-state index contributed by atoms with van der Waals surface area (Å²) >= 11 is 3.26. The summed E-state index contributed by atoms with van der Waals surface area (Å²) in [4.78, 5) is 15.5. The molecule has 1 aromatic heterocycles. The topological polar surface area (TPSA) is 102 Å². The minimum atomic E-state index is -4.52. The molecule has 2 aromatic carbocycles. The highest BCUT2D eigenvalue weighted by atomic mass is 79.9. The van der Waals surface area contributed by atoms with E-state index in [1.54, 1.807) is 12.3 Å². The number of likely N-dealkylation sites (N-methyl/N-ethyl adjacent to an activating group) is 1. The van der Waals surface area contributed by atoms with E-state index in [0.717, 1.165) is 32.0 Å². The average molecular weight is 665 g/mol. The van der Waals surface area contributed by atoms with E-state index in [4.69, 9.17) is 5.73 Å². The zero-order valence-electron chi connectivity index (χ0n) is 23.5. The first-order chi connectivity index (χ1) is 20.0.